The van der Waals surface area contributed by atoms with E-state index in [0.717, 1.165) is 0 Å². The van der Waals surface area contributed by atoms with Gasteiger partial charge < -0.3 is 4.74 Å². The van der Waals surface area contributed by atoms with Gasteiger partial charge in [-0.1, -0.05) is 0 Å². The van der Waals surface area contributed by atoms with Crippen molar-refractivity contribution in [2.24, 2.45) is 0 Å². The average Bonchev–Trinajstić information content (AvgIpc) is 2.67. The number of hydrogen-bond acceptors (Lipinski definition) is 4. The summed E-state index contributed by atoms with van der Waals surface area (Å²) in [7, 11) is -3.63. The maximum atomic E-state index is 12.5. The third kappa shape index (κ3) is 2.70. The molecule has 0 spiro atoms. The molecule has 108 valence electrons. The molecule has 5 nitrogen and oxygen atoms in total. The van der Waals surface area contributed by atoms with Crippen LogP contribution in [0.1, 0.15) is 31.4 Å². The largest absolute Gasteiger partial charge is 0.376 e. The molecule has 0 amide bonds. The van der Waals surface area contributed by atoms with Gasteiger partial charge in [0.15, 0.2) is 0 Å². The van der Waals surface area contributed by atoms with Crippen LogP contribution in [0.25, 0.3) is 0 Å². The molecule has 1 aromatic rings. The van der Waals surface area contributed by atoms with Crippen LogP contribution in [0.5, 0.6) is 0 Å². The van der Waals surface area contributed by atoms with Crippen molar-refractivity contribution >= 4 is 10.0 Å². The van der Waals surface area contributed by atoms with E-state index in [2.05, 4.69) is 4.72 Å². The summed E-state index contributed by atoms with van der Waals surface area (Å²) in [6.07, 6.45) is 0.471. The van der Waals surface area contributed by atoms with E-state index in [-0.39, 0.29) is 11.0 Å². The minimum atomic E-state index is -3.63. The summed E-state index contributed by atoms with van der Waals surface area (Å²) in [6, 6.07) is 6.56. The first-order chi connectivity index (χ1) is 9.28. The fourth-order valence-electron chi connectivity index (χ4n) is 2.35. The lowest BCUT2D eigenvalue weighted by Crippen LogP contribution is -2.50. The van der Waals surface area contributed by atoms with Crippen molar-refractivity contribution in [3.8, 4) is 6.07 Å². The Morgan fingerprint density at radius 3 is 2.70 bits per heavy atom. The number of rotatable bonds is 3. The quantitative estimate of drug-likeness (QED) is 0.920. The number of benzene rings is 1. The van der Waals surface area contributed by atoms with Crippen LogP contribution >= 0.6 is 0 Å². The van der Waals surface area contributed by atoms with Gasteiger partial charge in [0.05, 0.1) is 28.2 Å². The van der Waals surface area contributed by atoms with Crippen LogP contribution < -0.4 is 4.72 Å². The molecule has 1 heterocycles. The first-order valence-corrected chi connectivity index (χ1v) is 7.93. The van der Waals surface area contributed by atoms with E-state index in [0.29, 0.717) is 24.2 Å². The molecule has 20 heavy (non-hydrogen) atoms. The average molecular weight is 294 g/mol. The molecule has 2 unspecified atom stereocenters. The van der Waals surface area contributed by atoms with Crippen LogP contribution in [0.3, 0.4) is 0 Å². The van der Waals surface area contributed by atoms with Crippen molar-refractivity contribution in [2.75, 3.05) is 6.61 Å². The second-order valence-corrected chi connectivity index (χ2v) is 7.03. The molecular weight excluding hydrogens is 276 g/mol. The third-order valence-electron chi connectivity index (χ3n) is 3.85. The minimum Gasteiger partial charge on any atom is -0.376 e. The zero-order valence-electron chi connectivity index (χ0n) is 11.8. The minimum absolute atomic E-state index is 0.170. The molecular formula is C14H18N2O3S. The number of nitrogens with zero attached hydrogens (tertiary/aromatic N) is 1. The van der Waals surface area contributed by atoms with Gasteiger partial charge in [-0.05, 0) is 51.0 Å². The molecule has 0 saturated carbocycles. The number of sulfonamides is 1. The lowest BCUT2D eigenvalue weighted by atomic mass is 9.97. The second kappa shape index (κ2) is 5.17. The number of nitrogens with one attached hydrogen (secondary N) is 1. The molecule has 2 atom stereocenters. The molecule has 2 rings (SSSR count). The Bertz CT molecular complexity index is 663. The van der Waals surface area contributed by atoms with E-state index in [4.69, 9.17) is 10.00 Å². The van der Waals surface area contributed by atoms with Gasteiger partial charge in [0.1, 0.15) is 0 Å². The van der Waals surface area contributed by atoms with Gasteiger partial charge in [-0.2, -0.15) is 5.26 Å². The van der Waals surface area contributed by atoms with Crippen molar-refractivity contribution in [2.45, 2.75) is 43.7 Å². The van der Waals surface area contributed by atoms with Crippen molar-refractivity contribution in [1.82, 2.24) is 4.72 Å². The molecule has 1 saturated heterocycles. The van der Waals surface area contributed by atoms with Gasteiger partial charge in [-0.25, -0.2) is 13.1 Å². The van der Waals surface area contributed by atoms with Gasteiger partial charge in [0.25, 0.3) is 0 Å². The maximum Gasteiger partial charge on any atom is 0.241 e. The summed E-state index contributed by atoms with van der Waals surface area (Å²) in [5.41, 5.74) is 0.413. The summed E-state index contributed by atoms with van der Waals surface area (Å²) < 4.78 is 33.2. The lowest BCUT2D eigenvalue weighted by molar-refractivity contribution is 0.0957. The summed E-state index contributed by atoms with van der Waals surface area (Å²) in [5.74, 6) is 0. The number of ether oxygens (including phenoxy) is 1. The predicted molar refractivity (Wildman–Crippen MR) is 74.7 cm³/mol. The van der Waals surface area contributed by atoms with E-state index in [9.17, 15) is 8.42 Å². The van der Waals surface area contributed by atoms with Gasteiger partial charge >= 0.3 is 0 Å². The molecule has 1 fully saturated rings. The standard InChI is InChI=1S/C14H18N2O3S/c1-10-8-12(9-15)4-5-13(10)20(17,18)16-14(3)6-7-19-11(14)2/h4-5,8,11,16H,6-7H2,1-3H3. The summed E-state index contributed by atoms with van der Waals surface area (Å²) in [4.78, 5) is 0.205. The fourth-order valence-corrected chi connectivity index (χ4v) is 4.07. The Morgan fingerprint density at radius 1 is 1.50 bits per heavy atom. The highest BCUT2D eigenvalue weighted by Crippen LogP contribution is 2.28. The molecule has 1 aliphatic rings. The van der Waals surface area contributed by atoms with Gasteiger partial charge in [-0.3, -0.25) is 0 Å². The first kappa shape index (κ1) is 15.0. The molecule has 0 aromatic heterocycles. The van der Waals surface area contributed by atoms with Gasteiger partial charge in [0, 0.05) is 6.61 Å². The summed E-state index contributed by atoms with van der Waals surface area (Å²) >= 11 is 0. The van der Waals surface area contributed by atoms with Gasteiger partial charge in [0.2, 0.25) is 10.0 Å². The first-order valence-electron chi connectivity index (χ1n) is 6.45. The molecule has 1 N–H and O–H groups in total. The molecule has 6 heteroatoms. The van der Waals surface area contributed by atoms with Crippen LogP contribution in [-0.2, 0) is 14.8 Å². The van der Waals surface area contributed by atoms with E-state index in [1.54, 1.807) is 13.0 Å². The SMILES string of the molecule is Cc1cc(C#N)ccc1S(=O)(=O)NC1(C)CCOC1C. The zero-order chi connectivity index (χ0) is 15.0. The van der Waals surface area contributed by atoms with Gasteiger partial charge in [-0.15, -0.1) is 0 Å². The van der Waals surface area contributed by atoms with Crippen LogP contribution in [-0.4, -0.2) is 26.7 Å². The van der Waals surface area contributed by atoms with E-state index in [1.165, 1.54) is 12.1 Å². The Balaban J connectivity index is 2.34. The normalized spacial score (nSPS) is 26.4. The summed E-state index contributed by atoms with van der Waals surface area (Å²) in [5, 5.41) is 8.83. The Morgan fingerprint density at radius 2 is 2.20 bits per heavy atom. The van der Waals surface area contributed by atoms with Crippen LogP contribution in [0.15, 0.2) is 23.1 Å². The summed E-state index contributed by atoms with van der Waals surface area (Å²) in [6.45, 7) is 5.95. The van der Waals surface area contributed by atoms with Crippen molar-refractivity contribution in [3.05, 3.63) is 29.3 Å². The Hall–Kier alpha value is -1.42. The number of hydrogen-bond donors (Lipinski definition) is 1. The fraction of sp³-hybridized carbons (Fsp3) is 0.500. The molecule has 0 bridgehead atoms. The molecule has 1 aliphatic heterocycles. The molecule has 0 aliphatic carbocycles. The number of nitriles is 1. The van der Waals surface area contributed by atoms with E-state index >= 15 is 0 Å². The van der Waals surface area contributed by atoms with Crippen molar-refractivity contribution in [3.63, 3.8) is 0 Å². The van der Waals surface area contributed by atoms with Crippen LogP contribution in [0.4, 0.5) is 0 Å². The number of aryl methyl sites for hydroxylation is 1. The zero-order valence-corrected chi connectivity index (χ0v) is 12.6. The van der Waals surface area contributed by atoms with Crippen LogP contribution in [0.2, 0.25) is 0 Å². The third-order valence-corrected chi connectivity index (χ3v) is 5.62. The second-order valence-electron chi connectivity index (χ2n) is 5.38. The van der Waals surface area contributed by atoms with E-state index < -0.39 is 15.6 Å². The lowest BCUT2D eigenvalue weighted by Gasteiger charge is -2.28. The van der Waals surface area contributed by atoms with Crippen molar-refractivity contribution < 1.29 is 13.2 Å². The highest BCUT2D eigenvalue weighted by atomic mass is 32.2. The monoisotopic (exact) mass is 294 g/mol. The smallest absolute Gasteiger partial charge is 0.241 e. The maximum absolute atomic E-state index is 12.5. The molecule has 0 radical (unpaired) electrons. The Kier molecular flexibility index (Phi) is 3.87. The predicted octanol–water partition coefficient (Wildman–Crippen LogP) is 1.71. The van der Waals surface area contributed by atoms with E-state index in [1.807, 2.05) is 19.9 Å². The van der Waals surface area contributed by atoms with Crippen molar-refractivity contribution in [1.29, 1.82) is 5.26 Å². The highest BCUT2D eigenvalue weighted by Gasteiger charge is 2.40. The molecule has 1 aromatic carbocycles. The highest BCUT2D eigenvalue weighted by molar-refractivity contribution is 7.89. The Labute approximate surface area is 119 Å². The topological polar surface area (TPSA) is 79.2 Å². The van der Waals surface area contributed by atoms with Crippen LogP contribution in [0, 0.1) is 18.3 Å².